The van der Waals surface area contributed by atoms with Crippen molar-refractivity contribution in [3.63, 3.8) is 0 Å². The van der Waals surface area contributed by atoms with Crippen LogP contribution in [0.1, 0.15) is 38.8 Å². The Kier molecular flexibility index (Phi) is 9.12. The zero-order valence-corrected chi connectivity index (χ0v) is 18.2. The van der Waals surface area contributed by atoms with Crippen LogP contribution < -0.4 is 10.5 Å². The van der Waals surface area contributed by atoms with Gasteiger partial charge in [-0.3, -0.25) is 9.78 Å². The minimum atomic E-state index is -0.132. The first-order valence-electron chi connectivity index (χ1n) is 10.2. The molecule has 0 spiro atoms. The molecule has 1 amide bonds. The van der Waals surface area contributed by atoms with Crippen LogP contribution in [0.15, 0.2) is 53.9 Å². The maximum atomic E-state index is 12.4. The lowest BCUT2D eigenvalue weighted by atomic mass is 10.1. The highest BCUT2D eigenvalue weighted by atomic mass is 16.6. The van der Waals surface area contributed by atoms with E-state index in [1.54, 1.807) is 24.5 Å². The molecule has 162 valence electrons. The molecular weight excluding hydrogens is 380 g/mol. The summed E-state index contributed by atoms with van der Waals surface area (Å²) < 4.78 is 5.73. The molecular formula is C23H32N4O3. The van der Waals surface area contributed by atoms with E-state index in [2.05, 4.69) is 37.8 Å². The van der Waals surface area contributed by atoms with E-state index in [1.165, 1.54) is 0 Å². The van der Waals surface area contributed by atoms with Crippen LogP contribution in [0.4, 0.5) is 0 Å². The molecule has 0 unspecified atom stereocenters. The Balaban J connectivity index is 1.86. The van der Waals surface area contributed by atoms with Gasteiger partial charge in [-0.05, 0) is 42.2 Å². The fourth-order valence-corrected chi connectivity index (χ4v) is 2.83. The van der Waals surface area contributed by atoms with Crippen LogP contribution in [0, 0.1) is 11.8 Å². The van der Waals surface area contributed by atoms with Crippen LogP contribution in [-0.4, -0.2) is 41.3 Å². The maximum absolute atomic E-state index is 12.4. The summed E-state index contributed by atoms with van der Waals surface area (Å²) in [4.78, 5) is 23.5. The number of aromatic nitrogens is 1. The number of rotatable bonds is 11. The highest BCUT2D eigenvalue weighted by Crippen LogP contribution is 2.14. The van der Waals surface area contributed by atoms with Crippen molar-refractivity contribution in [2.75, 3.05) is 19.7 Å². The number of ether oxygens (including phenoxy) is 1. The minimum Gasteiger partial charge on any atom is -0.489 e. The van der Waals surface area contributed by atoms with Gasteiger partial charge in [-0.15, -0.1) is 0 Å². The largest absolute Gasteiger partial charge is 0.489 e. The molecule has 0 saturated carbocycles. The van der Waals surface area contributed by atoms with Gasteiger partial charge in [0.1, 0.15) is 12.4 Å². The summed E-state index contributed by atoms with van der Waals surface area (Å²) in [5.41, 5.74) is 7.67. The SMILES string of the molecule is CC(C)CN(CC(C)C)C(=O)CO/N=C(/N)c1ccc(OCc2cccnc2)cc1. The number of pyridine rings is 1. The molecule has 2 aromatic rings. The molecule has 7 heteroatoms. The third-order valence-corrected chi connectivity index (χ3v) is 4.15. The molecule has 0 aliphatic heterocycles. The third kappa shape index (κ3) is 8.11. The van der Waals surface area contributed by atoms with Gasteiger partial charge in [0, 0.05) is 36.6 Å². The van der Waals surface area contributed by atoms with Gasteiger partial charge in [0.25, 0.3) is 5.91 Å². The number of amidine groups is 1. The Bertz CT molecular complexity index is 795. The Morgan fingerprint density at radius 1 is 1.10 bits per heavy atom. The first kappa shape index (κ1) is 23.2. The van der Waals surface area contributed by atoms with E-state index < -0.39 is 0 Å². The summed E-state index contributed by atoms with van der Waals surface area (Å²) in [5, 5.41) is 3.90. The summed E-state index contributed by atoms with van der Waals surface area (Å²) in [6.07, 6.45) is 3.49. The molecule has 2 N–H and O–H groups in total. The van der Waals surface area contributed by atoms with Crippen molar-refractivity contribution >= 4 is 11.7 Å². The van der Waals surface area contributed by atoms with E-state index in [4.69, 9.17) is 15.3 Å². The van der Waals surface area contributed by atoms with Crippen LogP contribution in [0.25, 0.3) is 0 Å². The van der Waals surface area contributed by atoms with Crippen LogP contribution in [-0.2, 0) is 16.2 Å². The lowest BCUT2D eigenvalue weighted by Gasteiger charge is -2.25. The smallest absolute Gasteiger partial charge is 0.263 e. The zero-order valence-electron chi connectivity index (χ0n) is 18.2. The highest BCUT2D eigenvalue weighted by molar-refractivity contribution is 5.97. The normalized spacial score (nSPS) is 11.6. The van der Waals surface area contributed by atoms with Gasteiger partial charge in [0.15, 0.2) is 12.4 Å². The number of carbonyl (C=O) groups is 1. The number of hydrogen-bond donors (Lipinski definition) is 1. The molecule has 1 heterocycles. The van der Waals surface area contributed by atoms with Crippen LogP contribution in [0.5, 0.6) is 5.75 Å². The van der Waals surface area contributed by atoms with E-state index in [1.807, 2.05) is 29.2 Å². The average molecular weight is 413 g/mol. The number of amides is 1. The van der Waals surface area contributed by atoms with E-state index in [-0.39, 0.29) is 18.3 Å². The molecule has 2 rings (SSSR count). The summed E-state index contributed by atoms with van der Waals surface area (Å²) in [6, 6.07) is 11.0. The number of hydrogen-bond acceptors (Lipinski definition) is 5. The quantitative estimate of drug-likeness (QED) is 0.347. The number of nitrogens with two attached hydrogens (primary N) is 1. The van der Waals surface area contributed by atoms with Gasteiger partial charge >= 0.3 is 0 Å². The van der Waals surface area contributed by atoms with Crippen LogP contribution in [0.3, 0.4) is 0 Å². The first-order chi connectivity index (χ1) is 14.3. The Morgan fingerprint density at radius 3 is 2.33 bits per heavy atom. The van der Waals surface area contributed by atoms with Gasteiger partial charge in [-0.25, -0.2) is 0 Å². The molecule has 1 aromatic carbocycles. The van der Waals surface area contributed by atoms with Crippen molar-refractivity contribution in [2.45, 2.75) is 34.3 Å². The van der Waals surface area contributed by atoms with Crippen molar-refractivity contribution in [1.29, 1.82) is 0 Å². The second kappa shape index (κ2) is 11.8. The minimum absolute atomic E-state index is 0.0897. The van der Waals surface area contributed by atoms with Crippen molar-refractivity contribution in [3.05, 3.63) is 59.9 Å². The van der Waals surface area contributed by atoms with Crippen molar-refractivity contribution in [1.82, 2.24) is 9.88 Å². The number of nitrogens with zero attached hydrogens (tertiary/aromatic N) is 3. The fraction of sp³-hybridized carbons (Fsp3) is 0.435. The monoisotopic (exact) mass is 412 g/mol. The molecule has 30 heavy (non-hydrogen) atoms. The second-order valence-electron chi connectivity index (χ2n) is 8.01. The fourth-order valence-electron chi connectivity index (χ4n) is 2.83. The van der Waals surface area contributed by atoms with Crippen LogP contribution >= 0.6 is 0 Å². The van der Waals surface area contributed by atoms with Gasteiger partial charge in [-0.2, -0.15) is 0 Å². The van der Waals surface area contributed by atoms with Crippen LogP contribution in [0.2, 0.25) is 0 Å². The van der Waals surface area contributed by atoms with Gasteiger partial charge in [0.2, 0.25) is 0 Å². The molecule has 7 nitrogen and oxygen atoms in total. The highest BCUT2D eigenvalue weighted by Gasteiger charge is 2.16. The summed E-state index contributed by atoms with van der Waals surface area (Å²) in [5.74, 6) is 1.61. The predicted molar refractivity (Wildman–Crippen MR) is 118 cm³/mol. The number of oxime groups is 1. The Hall–Kier alpha value is -3.09. The van der Waals surface area contributed by atoms with E-state index in [0.717, 1.165) is 5.56 Å². The Labute approximate surface area is 178 Å². The molecule has 0 radical (unpaired) electrons. The number of carbonyl (C=O) groups excluding carboxylic acids is 1. The van der Waals surface area contributed by atoms with Gasteiger partial charge < -0.3 is 20.2 Å². The number of benzene rings is 1. The molecule has 0 aliphatic carbocycles. The van der Waals surface area contributed by atoms with Crippen molar-refractivity contribution in [3.8, 4) is 5.75 Å². The van der Waals surface area contributed by atoms with Gasteiger partial charge in [0.05, 0.1) is 0 Å². The third-order valence-electron chi connectivity index (χ3n) is 4.15. The van der Waals surface area contributed by atoms with E-state index in [0.29, 0.717) is 42.8 Å². The lowest BCUT2D eigenvalue weighted by Crippen LogP contribution is -2.39. The van der Waals surface area contributed by atoms with Gasteiger partial charge in [-0.1, -0.05) is 38.9 Å². The van der Waals surface area contributed by atoms with Crippen molar-refractivity contribution in [2.24, 2.45) is 22.7 Å². The molecule has 0 saturated heterocycles. The maximum Gasteiger partial charge on any atom is 0.263 e. The first-order valence-corrected chi connectivity index (χ1v) is 10.2. The molecule has 0 fully saturated rings. The lowest BCUT2D eigenvalue weighted by molar-refractivity contribution is -0.137. The molecule has 1 aromatic heterocycles. The standard InChI is InChI=1S/C23H32N4O3/c1-17(2)13-27(14-18(3)4)22(28)16-30-26-23(24)20-7-9-21(10-8-20)29-15-19-6-5-11-25-12-19/h5-12,17-18H,13-16H2,1-4H3,(H2,24,26). The second-order valence-corrected chi connectivity index (χ2v) is 8.01. The predicted octanol–water partition coefficient (Wildman–Crippen LogP) is 3.44. The summed E-state index contributed by atoms with van der Waals surface area (Å²) >= 11 is 0. The topological polar surface area (TPSA) is 90.0 Å². The molecule has 0 aliphatic rings. The molecule has 0 bridgehead atoms. The Morgan fingerprint density at radius 2 is 1.77 bits per heavy atom. The van der Waals surface area contributed by atoms with E-state index in [9.17, 15) is 4.79 Å². The summed E-state index contributed by atoms with van der Waals surface area (Å²) in [7, 11) is 0. The van der Waals surface area contributed by atoms with E-state index >= 15 is 0 Å². The summed E-state index contributed by atoms with van der Waals surface area (Å²) in [6.45, 7) is 10.0. The zero-order chi connectivity index (χ0) is 21.9. The molecule has 0 atom stereocenters. The average Bonchev–Trinajstić information content (AvgIpc) is 2.72. The van der Waals surface area contributed by atoms with Crippen molar-refractivity contribution < 1.29 is 14.4 Å².